The molecule has 2 heteroatoms. The second-order valence-electron chi connectivity index (χ2n) is 6.82. The number of benzene rings is 1. The summed E-state index contributed by atoms with van der Waals surface area (Å²) < 4.78 is 0. The molecular weight excluding hydrogens is 296 g/mol. The first-order chi connectivity index (χ1) is 11.6. The molecule has 0 radical (unpaired) electrons. The Morgan fingerprint density at radius 2 is 1.62 bits per heavy atom. The third kappa shape index (κ3) is 10.0. The van der Waals surface area contributed by atoms with Crippen LogP contribution in [-0.4, -0.2) is 11.1 Å². The lowest BCUT2D eigenvalue weighted by atomic mass is 10.0. The van der Waals surface area contributed by atoms with Gasteiger partial charge >= 0.3 is 5.97 Å². The number of rotatable bonds is 12. The molecular formula is C22H32O2. The maximum absolute atomic E-state index is 11.3. The first-order valence-corrected chi connectivity index (χ1v) is 9.25. The maximum atomic E-state index is 11.3. The van der Waals surface area contributed by atoms with Gasteiger partial charge in [0.1, 0.15) is 0 Å². The molecule has 0 saturated carbocycles. The molecule has 1 N–H and O–H groups in total. The Morgan fingerprint density at radius 1 is 1.00 bits per heavy atom. The molecule has 0 bridgehead atoms. The standard InChI is InChI=1S/C22H32O2/c1-19(2)13-8-5-3-4-6-11-17-21(22(23)24)18-12-16-20-14-9-7-10-15-20/h7,9-10,12,14-16,18-19H,3-6,8,11,13,17H2,1-2H3,(H,23,24). The Labute approximate surface area is 147 Å². The van der Waals surface area contributed by atoms with Crippen LogP contribution in [0.25, 0.3) is 6.08 Å². The van der Waals surface area contributed by atoms with Crippen LogP contribution in [0.15, 0.2) is 48.1 Å². The molecule has 0 aliphatic heterocycles. The largest absolute Gasteiger partial charge is 0.478 e. The van der Waals surface area contributed by atoms with Gasteiger partial charge < -0.3 is 5.11 Å². The van der Waals surface area contributed by atoms with Gasteiger partial charge in [-0.25, -0.2) is 4.79 Å². The maximum Gasteiger partial charge on any atom is 0.331 e. The van der Waals surface area contributed by atoms with Crippen molar-refractivity contribution in [3.8, 4) is 0 Å². The number of allylic oxidation sites excluding steroid dienone is 2. The number of hydrogen-bond acceptors (Lipinski definition) is 1. The van der Waals surface area contributed by atoms with Crippen LogP contribution in [0.1, 0.15) is 70.8 Å². The summed E-state index contributed by atoms with van der Waals surface area (Å²) in [6.07, 6.45) is 14.7. The van der Waals surface area contributed by atoms with Gasteiger partial charge in [0.2, 0.25) is 0 Å². The normalized spacial score (nSPS) is 12.2. The zero-order valence-corrected chi connectivity index (χ0v) is 15.2. The molecule has 0 saturated heterocycles. The minimum Gasteiger partial charge on any atom is -0.478 e. The summed E-state index contributed by atoms with van der Waals surface area (Å²) in [6, 6.07) is 9.93. The molecule has 0 aromatic heterocycles. The lowest BCUT2D eigenvalue weighted by Gasteiger charge is -2.05. The summed E-state index contributed by atoms with van der Waals surface area (Å²) in [5, 5.41) is 9.29. The molecule has 24 heavy (non-hydrogen) atoms. The van der Waals surface area contributed by atoms with Crippen molar-refractivity contribution in [3.05, 3.63) is 53.6 Å². The Bertz CT molecular complexity index is 512. The highest BCUT2D eigenvalue weighted by Gasteiger charge is 2.05. The zero-order chi connectivity index (χ0) is 17.6. The van der Waals surface area contributed by atoms with Crippen LogP contribution in [0.5, 0.6) is 0 Å². The van der Waals surface area contributed by atoms with Crippen molar-refractivity contribution in [2.24, 2.45) is 5.92 Å². The van der Waals surface area contributed by atoms with Gasteiger partial charge in [0.25, 0.3) is 0 Å². The van der Waals surface area contributed by atoms with Crippen molar-refractivity contribution in [2.45, 2.75) is 65.2 Å². The van der Waals surface area contributed by atoms with E-state index >= 15 is 0 Å². The fraction of sp³-hybridized carbons (Fsp3) is 0.500. The fourth-order valence-corrected chi connectivity index (χ4v) is 2.68. The minimum atomic E-state index is -0.801. The highest BCUT2D eigenvalue weighted by Crippen LogP contribution is 2.14. The molecule has 0 amide bonds. The predicted molar refractivity (Wildman–Crippen MR) is 103 cm³/mol. The van der Waals surface area contributed by atoms with Crippen LogP contribution in [0.4, 0.5) is 0 Å². The van der Waals surface area contributed by atoms with Gasteiger partial charge in [-0.1, -0.05) is 101 Å². The Kier molecular flexibility index (Phi) is 10.6. The molecule has 0 heterocycles. The fourth-order valence-electron chi connectivity index (χ4n) is 2.68. The second kappa shape index (κ2) is 12.6. The van der Waals surface area contributed by atoms with E-state index in [0.29, 0.717) is 12.0 Å². The van der Waals surface area contributed by atoms with Crippen LogP contribution in [0.2, 0.25) is 0 Å². The highest BCUT2D eigenvalue weighted by atomic mass is 16.4. The molecule has 0 unspecified atom stereocenters. The Morgan fingerprint density at radius 3 is 2.25 bits per heavy atom. The van der Waals surface area contributed by atoms with E-state index in [-0.39, 0.29) is 0 Å². The van der Waals surface area contributed by atoms with Crippen LogP contribution in [-0.2, 0) is 4.79 Å². The van der Waals surface area contributed by atoms with Crippen molar-refractivity contribution >= 4 is 12.0 Å². The second-order valence-corrected chi connectivity index (χ2v) is 6.82. The molecule has 1 rings (SSSR count). The number of carboxylic acids is 1. The van der Waals surface area contributed by atoms with Gasteiger partial charge in [-0.15, -0.1) is 0 Å². The van der Waals surface area contributed by atoms with E-state index in [9.17, 15) is 9.90 Å². The molecule has 0 fully saturated rings. The van der Waals surface area contributed by atoms with Crippen LogP contribution in [0, 0.1) is 5.92 Å². The lowest BCUT2D eigenvalue weighted by molar-refractivity contribution is -0.132. The first kappa shape index (κ1) is 20.2. The topological polar surface area (TPSA) is 37.3 Å². The quantitative estimate of drug-likeness (QED) is 0.270. The van der Waals surface area contributed by atoms with Crippen molar-refractivity contribution < 1.29 is 9.90 Å². The van der Waals surface area contributed by atoms with Gasteiger partial charge in [0.05, 0.1) is 0 Å². The van der Waals surface area contributed by atoms with Crippen LogP contribution >= 0.6 is 0 Å². The lowest BCUT2D eigenvalue weighted by Crippen LogP contribution is -2.00. The highest BCUT2D eigenvalue weighted by molar-refractivity contribution is 5.87. The van der Waals surface area contributed by atoms with Crippen molar-refractivity contribution in [1.82, 2.24) is 0 Å². The van der Waals surface area contributed by atoms with E-state index in [2.05, 4.69) is 13.8 Å². The average Bonchev–Trinajstić information content (AvgIpc) is 2.56. The molecule has 132 valence electrons. The van der Waals surface area contributed by atoms with Crippen molar-refractivity contribution in [3.63, 3.8) is 0 Å². The number of unbranched alkanes of at least 4 members (excludes halogenated alkanes) is 5. The SMILES string of the molecule is CC(C)CCCCCCCCC(=CC=Cc1ccccc1)C(=O)O. The average molecular weight is 328 g/mol. The summed E-state index contributed by atoms with van der Waals surface area (Å²) in [4.78, 5) is 11.3. The number of carbonyl (C=O) groups is 1. The minimum absolute atomic E-state index is 0.502. The molecule has 0 atom stereocenters. The van der Waals surface area contributed by atoms with Crippen LogP contribution < -0.4 is 0 Å². The summed E-state index contributed by atoms with van der Waals surface area (Å²) in [5.41, 5.74) is 1.59. The van der Waals surface area contributed by atoms with E-state index in [1.165, 1.54) is 32.1 Å². The molecule has 1 aromatic carbocycles. The summed E-state index contributed by atoms with van der Waals surface area (Å²) in [6.45, 7) is 4.54. The van der Waals surface area contributed by atoms with Gasteiger partial charge in [-0.3, -0.25) is 0 Å². The van der Waals surface area contributed by atoms with E-state index in [0.717, 1.165) is 24.3 Å². The molecule has 0 aliphatic rings. The van der Waals surface area contributed by atoms with E-state index < -0.39 is 5.97 Å². The number of carboxylic acid groups (broad SMARTS) is 1. The predicted octanol–water partition coefficient (Wildman–Crippen LogP) is 6.49. The number of hydrogen-bond donors (Lipinski definition) is 1. The molecule has 1 aromatic rings. The van der Waals surface area contributed by atoms with Crippen LogP contribution in [0.3, 0.4) is 0 Å². The Hall–Kier alpha value is -1.83. The monoisotopic (exact) mass is 328 g/mol. The summed E-state index contributed by atoms with van der Waals surface area (Å²) >= 11 is 0. The van der Waals surface area contributed by atoms with Gasteiger partial charge in [0, 0.05) is 5.57 Å². The zero-order valence-electron chi connectivity index (χ0n) is 15.2. The van der Waals surface area contributed by atoms with Gasteiger partial charge in [-0.05, 0) is 24.3 Å². The van der Waals surface area contributed by atoms with E-state index in [4.69, 9.17) is 0 Å². The smallest absolute Gasteiger partial charge is 0.331 e. The third-order valence-corrected chi connectivity index (χ3v) is 4.14. The summed E-state index contributed by atoms with van der Waals surface area (Å²) in [7, 11) is 0. The third-order valence-electron chi connectivity index (χ3n) is 4.14. The van der Waals surface area contributed by atoms with E-state index in [1.54, 1.807) is 6.08 Å². The molecule has 2 nitrogen and oxygen atoms in total. The Balaban J connectivity index is 2.25. The van der Waals surface area contributed by atoms with Gasteiger partial charge in [-0.2, -0.15) is 0 Å². The van der Waals surface area contributed by atoms with E-state index in [1.807, 2.05) is 42.5 Å². The summed E-state index contributed by atoms with van der Waals surface area (Å²) in [5.74, 6) is 0.00171. The number of aliphatic carboxylic acids is 1. The molecule has 0 spiro atoms. The van der Waals surface area contributed by atoms with Gasteiger partial charge in [0.15, 0.2) is 0 Å². The molecule has 0 aliphatic carbocycles. The van der Waals surface area contributed by atoms with Crippen molar-refractivity contribution in [1.29, 1.82) is 0 Å². The first-order valence-electron chi connectivity index (χ1n) is 9.25. The van der Waals surface area contributed by atoms with Crippen molar-refractivity contribution in [2.75, 3.05) is 0 Å².